The molecule has 0 aromatic heterocycles. The van der Waals surface area contributed by atoms with Crippen molar-refractivity contribution in [1.29, 1.82) is 0 Å². The number of nitrogens with one attached hydrogen (secondary N) is 1. The molecule has 0 saturated carbocycles. The first-order chi connectivity index (χ1) is 10.1. The third-order valence-corrected chi connectivity index (χ3v) is 3.26. The maximum Gasteiger partial charge on any atom is 0.416 e. The van der Waals surface area contributed by atoms with Gasteiger partial charge in [-0.2, -0.15) is 13.2 Å². The van der Waals surface area contributed by atoms with Crippen LogP contribution in [0.25, 0.3) is 0 Å². The summed E-state index contributed by atoms with van der Waals surface area (Å²) in [5.74, 6) is 0.833. The van der Waals surface area contributed by atoms with Gasteiger partial charge in [0.1, 0.15) is 0 Å². The minimum atomic E-state index is -4.35. The average molecular weight is 332 g/mol. The molecule has 0 bridgehead atoms. The number of halogens is 3. The van der Waals surface area contributed by atoms with Gasteiger partial charge in [0.2, 0.25) is 0 Å². The van der Waals surface area contributed by atoms with Gasteiger partial charge in [0.05, 0.1) is 5.56 Å². The maximum atomic E-state index is 12.7. The van der Waals surface area contributed by atoms with Crippen LogP contribution in [0.3, 0.4) is 0 Å². The van der Waals surface area contributed by atoms with Crippen LogP contribution in [0.1, 0.15) is 33.3 Å². The van der Waals surface area contributed by atoms with Crippen molar-refractivity contribution in [2.24, 2.45) is 11.8 Å². The summed E-state index contributed by atoms with van der Waals surface area (Å²) >= 11 is 5.36. The molecule has 124 valence electrons. The third-order valence-electron chi connectivity index (χ3n) is 2.90. The van der Waals surface area contributed by atoms with Crippen LogP contribution in [-0.2, 0) is 6.18 Å². The summed E-state index contributed by atoms with van der Waals surface area (Å²) in [5.41, 5.74) is -0.322. The first-order valence-corrected chi connectivity index (χ1v) is 7.73. The molecule has 6 heteroatoms. The van der Waals surface area contributed by atoms with Gasteiger partial charge in [-0.15, -0.1) is 0 Å². The third kappa shape index (κ3) is 6.22. The standard InChI is InChI=1S/C16H23F3N2S/c1-11(2)9-21(10-12(3)4)15(22)20-14-7-5-6-13(8-14)16(17,18)19/h5-8,11-12H,9-10H2,1-4H3,(H,20,22). The maximum absolute atomic E-state index is 12.7. The Morgan fingerprint density at radius 3 is 2.14 bits per heavy atom. The van der Waals surface area contributed by atoms with Gasteiger partial charge in [-0.25, -0.2) is 0 Å². The molecule has 0 unspecified atom stereocenters. The van der Waals surface area contributed by atoms with Crippen LogP contribution in [0.5, 0.6) is 0 Å². The Morgan fingerprint density at radius 2 is 1.68 bits per heavy atom. The molecule has 0 saturated heterocycles. The number of hydrogen-bond acceptors (Lipinski definition) is 1. The highest BCUT2D eigenvalue weighted by Gasteiger charge is 2.30. The van der Waals surface area contributed by atoms with Gasteiger partial charge in [0, 0.05) is 18.8 Å². The predicted molar refractivity (Wildman–Crippen MR) is 88.9 cm³/mol. The van der Waals surface area contributed by atoms with Crippen LogP contribution in [-0.4, -0.2) is 23.1 Å². The van der Waals surface area contributed by atoms with Crippen molar-refractivity contribution in [3.63, 3.8) is 0 Å². The monoisotopic (exact) mass is 332 g/mol. The number of rotatable bonds is 5. The lowest BCUT2D eigenvalue weighted by molar-refractivity contribution is -0.137. The normalized spacial score (nSPS) is 11.9. The molecule has 1 aromatic rings. The van der Waals surface area contributed by atoms with Crippen molar-refractivity contribution in [3.8, 4) is 0 Å². The molecule has 0 aliphatic heterocycles. The van der Waals surface area contributed by atoms with Crippen molar-refractivity contribution in [3.05, 3.63) is 29.8 Å². The zero-order chi connectivity index (χ0) is 16.9. The van der Waals surface area contributed by atoms with Crippen molar-refractivity contribution >= 4 is 23.0 Å². The lowest BCUT2D eigenvalue weighted by atomic mass is 10.1. The van der Waals surface area contributed by atoms with Gasteiger partial charge in [-0.1, -0.05) is 33.8 Å². The summed E-state index contributed by atoms with van der Waals surface area (Å²) < 4.78 is 38.2. The van der Waals surface area contributed by atoms with Crippen LogP contribution in [0.4, 0.5) is 18.9 Å². The molecule has 0 spiro atoms. The van der Waals surface area contributed by atoms with Crippen LogP contribution >= 0.6 is 12.2 Å². The minimum absolute atomic E-state index is 0.359. The molecular formula is C16H23F3N2S. The Morgan fingerprint density at radius 1 is 1.14 bits per heavy atom. The zero-order valence-electron chi connectivity index (χ0n) is 13.4. The Kier molecular flexibility index (Phi) is 6.66. The molecule has 0 fully saturated rings. The Balaban J connectivity index is 2.84. The number of hydrogen-bond donors (Lipinski definition) is 1. The van der Waals surface area contributed by atoms with Gasteiger partial charge < -0.3 is 10.2 Å². The van der Waals surface area contributed by atoms with E-state index in [9.17, 15) is 13.2 Å². The highest BCUT2D eigenvalue weighted by molar-refractivity contribution is 7.80. The van der Waals surface area contributed by atoms with Gasteiger partial charge in [-0.3, -0.25) is 0 Å². The van der Waals surface area contributed by atoms with E-state index in [1.807, 2.05) is 4.90 Å². The lowest BCUT2D eigenvalue weighted by Crippen LogP contribution is -2.39. The SMILES string of the molecule is CC(C)CN(CC(C)C)C(=S)Nc1cccc(C(F)(F)F)c1. The number of nitrogens with zero attached hydrogens (tertiary/aromatic N) is 1. The Hall–Kier alpha value is -1.30. The molecule has 0 aliphatic carbocycles. The van der Waals surface area contributed by atoms with E-state index in [4.69, 9.17) is 12.2 Å². The van der Waals surface area contributed by atoms with E-state index in [-0.39, 0.29) is 0 Å². The summed E-state index contributed by atoms with van der Waals surface area (Å²) in [7, 11) is 0. The minimum Gasteiger partial charge on any atom is -0.349 e. The molecule has 0 aliphatic rings. The van der Waals surface area contributed by atoms with E-state index in [1.54, 1.807) is 6.07 Å². The quantitative estimate of drug-likeness (QED) is 0.763. The van der Waals surface area contributed by atoms with Gasteiger partial charge in [0.15, 0.2) is 5.11 Å². The number of anilines is 1. The van der Waals surface area contributed by atoms with Gasteiger partial charge in [0.25, 0.3) is 0 Å². The predicted octanol–water partition coefficient (Wildman–Crippen LogP) is 5.02. The second-order valence-electron chi connectivity index (χ2n) is 6.20. The number of thiocarbonyl (C=S) groups is 1. The summed E-state index contributed by atoms with van der Waals surface area (Å²) in [6.45, 7) is 9.87. The first-order valence-electron chi connectivity index (χ1n) is 7.32. The molecule has 0 heterocycles. The van der Waals surface area contributed by atoms with Crippen LogP contribution < -0.4 is 5.32 Å². The van der Waals surface area contributed by atoms with Crippen molar-refractivity contribution in [1.82, 2.24) is 4.90 Å². The fourth-order valence-corrected chi connectivity index (χ4v) is 2.36. The Labute approximate surface area is 135 Å². The lowest BCUT2D eigenvalue weighted by Gasteiger charge is -2.29. The van der Waals surface area contributed by atoms with Crippen LogP contribution in [0, 0.1) is 11.8 Å². The highest BCUT2D eigenvalue weighted by Crippen LogP contribution is 2.30. The van der Waals surface area contributed by atoms with E-state index >= 15 is 0 Å². The number of benzene rings is 1. The summed E-state index contributed by atoms with van der Waals surface area (Å²) in [6.07, 6.45) is -4.35. The van der Waals surface area contributed by atoms with Crippen LogP contribution in [0.15, 0.2) is 24.3 Å². The van der Waals surface area contributed by atoms with Crippen molar-refractivity contribution < 1.29 is 13.2 Å². The van der Waals surface area contributed by atoms with Crippen LogP contribution in [0.2, 0.25) is 0 Å². The fourth-order valence-electron chi connectivity index (χ4n) is 2.10. The number of alkyl halides is 3. The van der Waals surface area contributed by atoms with Gasteiger partial charge in [-0.05, 0) is 42.3 Å². The largest absolute Gasteiger partial charge is 0.416 e. The molecule has 2 nitrogen and oxygen atoms in total. The molecular weight excluding hydrogens is 309 g/mol. The van der Waals surface area contributed by atoms with E-state index in [0.717, 1.165) is 25.2 Å². The van der Waals surface area contributed by atoms with Crippen molar-refractivity contribution in [2.75, 3.05) is 18.4 Å². The first kappa shape index (κ1) is 18.7. The molecule has 22 heavy (non-hydrogen) atoms. The van der Waals surface area contributed by atoms with Gasteiger partial charge >= 0.3 is 6.18 Å². The average Bonchev–Trinajstić information content (AvgIpc) is 2.36. The molecule has 0 radical (unpaired) electrons. The Bertz CT molecular complexity index is 488. The summed E-state index contributed by atoms with van der Waals surface area (Å²) in [4.78, 5) is 2.00. The van der Waals surface area contributed by atoms with Crippen molar-refractivity contribution in [2.45, 2.75) is 33.9 Å². The molecule has 1 aromatic carbocycles. The van der Waals surface area contributed by atoms with E-state index in [1.165, 1.54) is 6.07 Å². The summed E-state index contributed by atoms with van der Waals surface area (Å²) in [6, 6.07) is 5.09. The summed E-state index contributed by atoms with van der Waals surface area (Å²) in [5, 5.41) is 3.38. The molecule has 1 N–H and O–H groups in total. The van der Waals surface area contributed by atoms with E-state index < -0.39 is 11.7 Å². The topological polar surface area (TPSA) is 15.3 Å². The second kappa shape index (κ2) is 7.81. The highest BCUT2D eigenvalue weighted by atomic mass is 32.1. The molecule has 0 atom stereocenters. The second-order valence-corrected chi connectivity index (χ2v) is 6.59. The zero-order valence-corrected chi connectivity index (χ0v) is 14.2. The fraction of sp³-hybridized carbons (Fsp3) is 0.562. The smallest absolute Gasteiger partial charge is 0.349 e. The molecule has 1 rings (SSSR count). The molecule has 0 amide bonds. The van der Waals surface area contributed by atoms with E-state index in [2.05, 4.69) is 33.0 Å². The van der Waals surface area contributed by atoms with E-state index in [0.29, 0.717) is 22.6 Å².